The van der Waals surface area contributed by atoms with Crippen LogP contribution in [0.15, 0.2) is 48.6 Å². The Morgan fingerprint density at radius 3 is 2.53 bits per heavy atom. The van der Waals surface area contributed by atoms with Gasteiger partial charge in [-0.25, -0.2) is 17.8 Å². The fourth-order valence-corrected chi connectivity index (χ4v) is 8.74. The number of amides is 3. The molecule has 0 radical (unpaired) electrons. The Kier molecular flexibility index (Phi) is 9.23. The number of allylic oxidation sites excluding steroid dienone is 1. The lowest BCUT2D eigenvalue weighted by atomic mass is 9.93. The van der Waals surface area contributed by atoms with Gasteiger partial charge in [0.05, 0.1) is 35.1 Å². The van der Waals surface area contributed by atoms with Crippen molar-refractivity contribution < 1.29 is 36.7 Å². The van der Waals surface area contributed by atoms with Crippen LogP contribution in [0.25, 0.3) is 22.3 Å². The minimum Gasteiger partial charge on any atom is -0.496 e. The Labute approximate surface area is 296 Å². The van der Waals surface area contributed by atoms with Crippen LogP contribution in [-0.4, -0.2) is 78.6 Å². The highest BCUT2D eigenvalue weighted by molar-refractivity contribution is 7.91. The zero-order valence-corrected chi connectivity index (χ0v) is 29.7. The molecule has 0 bridgehead atoms. The standard InChI is InChI=1S/C37H42FN5O7S/c1-21-30(49-3)16-15-27-31(21)39-32(22-9-11-24(38)12-10-22)40-34(27)50-25-18-28-29(19-25)35(45)43(2)17-7-5-4-6-8-23-20-37(23,41-33(28)44)36(46)42-51(47,48)26-13-14-26/h6,8-12,15-16,23,25-26,28-29H,4-5,7,13-14,17-20H2,1-3H3,(H,41,44)(H,42,46)/b8-6+/t23-,25-,28-,29-,37-/m1/s1. The molecular formula is C37H42FN5O7S. The van der Waals surface area contributed by atoms with E-state index in [4.69, 9.17) is 19.4 Å². The molecule has 0 saturated heterocycles. The summed E-state index contributed by atoms with van der Waals surface area (Å²) in [5.74, 6) is -2.66. The van der Waals surface area contributed by atoms with Gasteiger partial charge in [-0.2, -0.15) is 4.98 Å². The largest absolute Gasteiger partial charge is 0.496 e. The quantitative estimate of drug-likeness (QED) is 0.342. The van der Waals surface area contributed by atoms with Crippen molar-refractivity contribution in [2.45, 2.75) is 75.2 Å². The molecule has 5 atom stereocenters. The van der Waals surface area contributed by atoms with E-state index in [2.05, 4.69) is 10.0 Å². The number of ether oxygens (including phenoxy) is 2. The molecule has 270 valence electrons. The topological polar surface area (TPSA) is 157 Å². The van der Waals surface area contributed by atoms with Crippen molar-refractivity contribution in [2.75, 3.05) is 20.7 Å². The summed E-state index contributed by atoms with van der Waals surface area (Å²) < 4.78 is 53.6. The number of hydrogen-bond acceptors (Lipinski definition) is 9. The molecule has 2 heterocycles. The number of methoxy groups -OCH3 is 1. The van der Waals surface area contributed by atoms with Gasteiger partial charge in [-0.3, -0.25) is 19.1 Å². The number of aromatic nitrogens is 2. The van der Waals surface area contributed by atoms with Gasteiger partial charge in [-0.05, 0) is 94.7 Å². The number of carbonyl (C=O) groups is 3. The van der Waals surface area contributed by atoms with Crippen molar-refractivity contribution in [3.8, 4) is 23.0 Å². The highest BCUT2D eigenvalue weighted by Gasteiger charge is 2.62. The average molecular weight is 720 g/mol. The summed E-state index contributed by atoms with van der Waals surface area (Å²) in [5.41, 5.74) is 0.468. The van der Waals surface area contributed by atoms with Gasteiger partial charge in [0, 0.05) is 30.6 Å². The first kappa shape index (κ1) is 34.8. The molecule has 51 heavy (non-hydrogen) atoms. The number of hydrogen-bond donors (Lipinski definition) is 2. The van der Waals surface area contributed by atoms with E-state index in [1.54, 1.807) is 43.3 Å². The average Bonchev–Trinajstić information content (AvgIpc) is 4.03. The minimum absolute atomic E-state index is 0.154. The third kappa shape index (κ3) is 6.89. The summed E-state index contributed by atoms with van der Waals surface area (Å²) in [6, 6.07) is 9.39. The van der Waals surface area contributed by atoms with Gasteiger partial charge in [0.15, 0.2) is 5.82 Å². The molecule has 7 rings (SSSR count). The molecule has 3 saturated carbocycles. The van der Waals surface area contributed by atoms with E-state index in [9.17, 15) is 27.2 Å². The summed E-state index contributed by atoms with van der Waals surface area (Å²) in [4.78, 5) is 52.9. The van der Waals surface area contributed by atoms with Crippen LogP contribution in [0.3, 0.4) is 0 Å². The number of sulfonamides is 1. The predicted octanol–water partition coefficient (Wildman–Crippen LogP) is 4.21. The molecule has 0 unspecified atom stereocenters. The first-order chi connectivity index (χ1) is 24.4. The smallest absolute Gasteiger partial charge is 0.259 e. The minimum atomic E-state index is -3.85. The van der Waals surface area contributed by atoms with E-state index in [0.717, 1.165) is 24.8 Å². The Bertz CT molecular complexity index is 2020. The summed E-state index contributed by atoms with van der Waals surface area (Å²) in [5, 5.41) is 2.92. The summed E-state index contributed by atoms with van der Waals surface area (Å²) in [7, 11) is -0.556. The molecule has 12 nitrogen and oxygen atoms in total. The van der Waals surface area contributed by atoms with Crippen LogP contribution in [0.2, 0.25) is 0 Å². The van der Waals surface area contributed by atoms with Crippen molar-refractivity contribution in [2.24, 2.45) is 17.8 Å². The molecule has 3 aromatic rings. The normalized spacial score (nSPS) is 27.5. The molecular weight excluding hydrogens is 678 g/mol. The van der Waals surface area contributed by atoms with Gasteiger partial charge in [-0.15, -0.1) is 0 Å². The maximum atomic E-state index is 14.2. The number of fused-ring (bicyclic) bond motifs is 3. The number of halogens is 1. The van der Waals surface area contributed by atoms with E-state index < -0.39 is 56.4 Å². The number of carbonyl (C=O) groups excluding carboxylic acids is 3. The Hall–Kier alpha value is -4.59. The van der Waals surface area contributed by atoms with Crippen molar-refractivity contribution >= 4 is 38.6 Å². The van der Waals surface area contributed by atoms with Crippen molar-refractivity contribution in [1.29, 1.82) is 0 Å². The third-order valence-corrected chi connectivity index (χ3v) is 12.5. The molecule has 2 aromatic carbocycles. The molecule has 1 aromatic heterocycles. The second-order valence-electron chi connectivity index (χ2n) is 14.2. The second-order valence-corrected chi connectivity index (χ2v) is 16.2. The highest BCUT2D eigenvalue weighted by Crippen LogP contribution is 2.47. The van der Waals surface area contributed by atoms with Gasteiger partial charge in [0.1, 0.15) is 23.2 Å². The Morgan fingerprint density at radius 1 is 1.06 bits per heavy atom. The van der Waals surface area contributed by atoms with Crippen molar-refractivity contribution in [1.82, 2.24) is 24.9 Å². The second kappa shape index (κ2) is 13.5. The number of aryl methyl sites for hydroxylation is 1. The van der Waals surface area contributed by atoms with E-state index in [0.29, 0.717) is 47.4 Å². The molecule has 3 fully saturated rings. The molecule has 4 aliphatic rings. The zero-order chi connectivity index (χ0) is 36.1. The number of rotatable bonds is 7. The number of nitrogens with one attached hydrogen (secondary N) is 2. The van der Waals surface area contributed by atoms with Crippen LogP contribution < -0.4 is 19.5 Å². The van der Waals surface area contributed by atoms with Crippen LogP contribution in [0.5, 0.6) is 11.6 Å². The third-order valence-electron chi connectivity index (χ3n) is 10.6. The molecule has 3 aliphatic carbocycles. The summed E-state index contributed by atoms with van der Waals surface area (Å²) >= 11 is 0. The first-order valence-electron chi connectivity index (χ1n) is 17.5. The van der Waals surface area contributed by atoms with E-state index in [1.165, 1.54) is 12.1 Å². The van der Waals surface area contributed by atoms with E-state index >= 15 is 0 Å². The molecule has 2 N–H and O–H groups in total. The lowest BCUT2D eigenvalue weighted by Crippen LogP contribution is -2.54. The van der Waals surface area contributed by atoms with Crippen molar-refractivity contribution in [3.05, 3.63) is 59.9 Å². The molecule has 1 aliphatic heterocycles. The predicted molar refractivity (Wildman–Crippen MR) is 187 cm³/mol. The molecule has 14 heteroatoms. The first-order valence-corrected chi connectivity index (χ1v) is 19.0. The van der Waals surface area contributed by atoms with Gasteiger partial charge in [0.25, 0.3) is 5.91 Å². The monoisotopic (exact) mass is 719 g/mol. The van der Waals surface area contributed by atoms with Gasteiger partial charge >= 0.3 is 0 Å². The van der Waals surface area contributed by atoms with Gasteiger partial charge in [0.2, 0.25) is 27.7 Å². The highest BCUT2D eigenvalue weighted by atomic mass is 32.2. The summed E-state index contributed by atoms with van der Waals surface area (Å²) in [6.45, 7) is 2.39. The van der Waals surface area contributed by atoms with E-state index in [-0.39, 0.29) is 37.0 Å². The Morgan fingerprint density at radius 2 is 1.80 bits per heavy atom. The van der Waals surface area contributed by atoms with Crippen LogP contribution in [-0.2, 0) is 24.4 Å². The lowest BCUT2D eigenvalue weighted by Gasteiger charge is -2.26. The molecule has 3 amide bonds. The number of benzene rings is 2. The van der Waals surface area contributed by atoms with Crippen LogP contribution in [0.1, 0.15) is 56.9 Å². The Balaban J connectivity index is 1.21. The number of nitrogens with zero attached hydrogens (tertiary/aromatic N) is 3. The van der Waals surface area contributed by atoms with E-state index in [1.807, 2.05) is 19.1 Å². The fourth-order valence-electron chi connectivity index (χ4n) is 7.37. The van der Waals surface area contributed by atoms with Gasteiger partial charge in [-0.1, -0.05) is 12.2 Å². The van der Waals surface area contributed by atoms with Crippen LogP contribution in [0.4, 0.5) is 4.39 Å². The lowest BCUT2D eigenvalue weighted by molar-refractivity contribution is -0.140. The van der Waals surface area contributed by atoms with Crippen molar-refractivity contribution in [3.63, 3.8) is 0 Å². The fraction of sp³-hybridized carbons (Fsp3) is 0.486. The van der Waals surface area contributed by atoms with Crippen LogP contribution >= 0.6 is 0 Å². The maximum Gasteiger partial charge on any atom is 0.259 e. The zero-order valence-electron chi connectivity index (χ0n) is 28.9. The maximum absolute atomic E-state index is 14.2. The summed E-state index contributed by atoms with van der Waals surface area (Å²) in [6.07, 6.45) is 7.15. The van der Waals surface area contributed by atoms with Gasteiger partial charge < -0.3 is 19.7 Å². The SMILES string of the molecule is COc1ccc2c(O[C@@H]3C[C@H]4C(=O)N[C@]5(C(=O)NS(=O)(=O)C6CC6)C[C@H]5/C=C/CCCCN(C)C(=O)[C@@H]4C3)nc(-c3ccc(F)cc3)nc2c1C. The molecule has 0 spiro atoms. The van der Waals surface area contributed by atoms with Crippen LogP contribution in [0, 0.1) is 30.5 Å².